The third kappa shape index (κ3) is 4.19. The predicted molar refractivity (Wildman–Crippen MR) is 120 cm³/mol. The van der Waals surface area contributed by atoms with Gasteiger partial charge in [-0.15, -0.1) is 0 Å². The van der Waals surface area contributed by atoms with Crippen LogP contribution < -0.4 is 9.64 Å². The number of pyridine rings is 2. The fourth-order valence-corrected chi connectivity index (χ4v) is 3.92. The molecule has 0 fully saturated rings. The van der Waals surface area contributed by atoms with Crippen LogP contribution in [0.1, 0.15) is 55.1 Å². The van der Waals surface area contributed by atoms with Gasteiger partial charge in [0.1, 0.15) is 11.6 Å². The van der Waals surface area contributed by atoms with Crippen LogP contribution in [0.4, 0.5) is 5.82 Å². The molecule has 1 aliphatic rings. The smallest absolute Gasteiger partial charge is 0.260 e. The van der Waals surface area contributed by atoms with Gasteiger partial charge < -0.3 is 4.74 Å². The van der Waals surface area contributed by atoms with E-state index < -0.39 is 0 Å². The lowest BCUT2D eigenvalue weighted by atomic mass is 9.98. The Morgan fingerprint density at radius 1 is 1.10 bits per heavy atom. The molecule has 1 amide bonds. The zero-order valence-corrected chi connectivity index (χ0v) is 18.0. The quantitative estimate of drug-likeness (QED) is 0.505. The number of ketones is 1. The summed E-state index contributed by atoms with van der Waals surface area (Å²) in [5.41, 5.74) is 3.17. The summed E-state index contributed by atoms with van der Waals surface area (Å²) in [7, 11) is 1.55. The van der Waals surface area contributed by atoms with Gasteiger partial charge in [-0.05, 0) is 50.1 Å². The second-order valence-corrected chi connectivity index (χ2v) is 7.91. The van der Waals surface area contributed by atoms with Gasteiger partial charge in [-0.3, -0.25) is 14.5 Å². The van der Waals surface area contributed by atoms with Crippen molar-refractivity contribution < 1.29 is 14.3 Å². The molecular formula is C25H25N3O3. The maximum absolute atomic E-state index is 13.3. The molecule has 0 radical (unpaired) electrons. The second kappa shape index (κ2) is 8.68. The minimum absolute atomic E-state index is 0.123. The van der Waals surface area contributed by atoms with Gasteiger partial charge in [0.15, 0.2) is 5.65 Å². The summed E-state index contributed by atoms with van der Waals surface area (Å²) in [4.78, 5) is 36.7. The molecule has 6 heteroatoms. The Hall–Kier alpha value is -3.54. The van der Waals surface area contributed by atoms with Gasteiger partial charge in [0.2, 0.25) is 5.88 Å². The van der Waals surface area contributed by atoms with Crippen molar-refractivity contribution in [1.82, 2.24) is 9.97 Å². The Morgan fingerprint density at radius 2 is 1.87 bits per heavy atom. The Labute approximate surface area is 181 Å². The van der Waals surface area contributed by atoms with Gasteiger partial charge in [0.05, 0.1) is 13.2 Å². The van der Waals surface area contributed by atoms with Gasteiger partial charge in [-0.1, -0.05) is 29.8 Å². The molecule has 0 saturated carbocycles. The number of allylic oxidation sites excluding steroid dienone is 2. The average Bonchev–Trinajstić information content (AvgIpc) is 3.04. The molecule has 1 aliphatic heterocycles. The van der Waals surface area contributed by atoms with Crippen LogP contribution in [0, 0.1) is 0 Å². The molecule has 0 aliphatic carbocycles. The molecule has 0 N–H and O–H groups in total. The van der Waals surface area contributed by atoms with Crippen molar-refractivity contribution in [3.8, 4) is 5.88 Å². The van der Waals surface area contributed by atoms with Crippen LogP contribution in [0.5, 0.6) is 5.88 Å². The number of Topliss-reactive ketones (excluding diaryl/α,β-unsaturated/α-hetero) is 1. The molecule has 1 aromatic carbocycles. The Morgan fingerprint density at radius 3 is 2.65 bits per heavy atom. The van der Waals surface area contributed by atoms with Crippen molar-refractivity contribution in [1.29, 1.82) is 0 Å². The molecule has 0 bridgehead atoms. The highest BCUT2D eigenvalue weighted by molar-refractivity contribution is 6.11. The van der Waals surface area contributed by atoms with Crippen molar-refractivity contribution in [2.24, 2.45) is 0 Å². The molecule has 4 rings (SSSR count). The molecule has 1 atom stereocenters. The standard InChI is InChI=1S/C25H25N3O3/c1-16(2)7-6-8-18(29)15-21-19-9-4-5-10-20(19)25(30)28(21)22-13-11-17-12-14-23(31-3)27-24(17)26-22/h4-5,7,9-14,21H,6,8,15H2,1-3H3. The van der Waals surface area contributed by atoms with E-state index >= 15 is 0 Å². The zero-order valence-electron chi connectivity index (χ0n) is 18.0. The zero-order chi connectivity index (χ0) is 22.0. The molecule has 2 aromatic heterocycles. The molecule has 0 spiro atoms. The first-order chi connectivity index (χ1) is 15.0. The fourth-order valence-electron chi connectivity index (χ4n) is 3.92. The number of methoxy groups -OCH3 is 1. The average molecular weight is 415 g/mol. The summed E-state index contributed by atoms with van der Waals surface area (Å²) in [6.45, 7) is 4.04. The summed E-state index contributed by atoms with van der Waals surface area (Å²) in [6.07, 6.45) is 3.48. The van der Waals surface area contributed by atoms with Crippen LogP contribution >= 0.6 is 0 Å². The van der Waals surface area contributed by atoms with E-state index in [0.29, 0.717) is 35.8 Å². The number of carbonyl (C=O) groups is 2. The van der Waals surface area contributed by atoms with E-state index in [2.05, 4.69) is 16.0 Å². The van der Waals surface area contributed by atoms with E-state index in [1.807, 2.05) is 44.2 Å². The number of anilines is 1. The van der Waals surface area contributed by atoms with E-state index in [1.165, 1.54) is 5.57 Å². The summed E-state index contributed by atoms with van der Waals surface area (Å²) < 4.78 is 5.21. The minimum Gasteiger partial charge on any atom is -0.481 e. The first-order valence-electron chi connectivity index (χ1n) is 10.4. The number of carbonyl (C=O) groups excluding carboxylic acids is 2. The van der Waals surface area contributed by atoms with E-state index in [1.54, 1.807) is 30.2 Å². The highest BCUT2D eigenvalue weighted by Gasteiger charge is 2.39. The van der Waals surface area contributed by atoms with Crippen LogP contribution in [-0.4, -0.2) is 28.8 Å². The normalized spacial score (nSPS) is 15.1. The number of fused-ring (bicyclic) bond motifs is 2. The lowest BCUT2D eigenvalue weighted by Crippen LogP contribution is -2.30. The van der Waals surface area contributed by atoms with Gasteiger partial charge in [0, 0.05) is 29.9 Å². The molecule has 3 aromatic rings. The Kier molecular flexibility index (Phi) is 5.80. The van der Waals surface area contributed by atoms with E-state index in [4.69, 9.17) is 4.74 Å². The number of rotatable bonds is 7. The van der Waals surface area contributed by atoms with Gasteiger partial charge >= 0.3 is 0 Å². The highest BCUT2D eigenvalue weighted by atomic mass is 16.5. The number of nitrogens with zero attached hydrogens (tertiary/aromatic N) is 3. The van der Waals surface area contributed by atoms with Gasteiger partial charge in [0.25, 0.3) is 5.91 Å². The van der Waals surface area contributed by atoms with Crippen LogP contribution in [0.25, 0.3) is 11.0 Å². The topological polar surface area (TPSA) is 72.4 Å². The number of amides is 1. The molecule has 1 unspecified atom stereocenters. The predicted octanol–water partition coefficient (Wildman–Crippen LogP) is 5.05. The molecule has 6 nitrogen and oxygen atoms in total. The summed E-state index contributed by atoms with van der Waals surface area (Å²) in [5, 5.41) is 0.850. The monoisotopic (exact) mass is 415 g/mol. The number of benzene rings is 1. The van der Waals surface area contributed by atoms with Crippen LogP contribution in [0.2, 0.25) is 0 Å². The van der Waals surface area contributed by atoms with E-state index in [0.717, 1.165) is 10.9 Å². The summed E-state index contributed by atoms with van der Waals surface area (Å²) in [6, 6.07) is 14.4. The van der Waals surface area contributed by atoms with Gasteiger partial charge in [-0.2, -0.15) is 4.98 Å². The first-order valence-corrected chi connectivity index (χ1v) is 10.4. The van der Waals surface area contributed by atoms with Crippen molar-refractivity contribution >= 4 is 28.5 Å². The SMILES string of the molecule is COc1ccc2ccc(N3C(=O)c4ccccc4C3CC(=O)CCC=C(C)C)nc2n1. The number of hydrogen-bond acceptors (Lipinski definition) is 5. The van der Waals surface area contributed by atoms with Gasteiger partial charge in [-0.25, -0.2) is 4.98 Å². The molecule has 158 valence electrons. The van der Waals surface area contributed by atoms with Crippen molar-refractivity contribution in [3.05, 3.63) is 71.3 Å². The lowest BCUT2D eigenvalue weighted by molar-refractivity contribution is -0.119. The van der Waals surface area contributed by atoms with Crippen LogP contribution in [0.15, 0.2) is 60.2 Å². The summed E-state index contributed by atoms with van der Waals surface area (Å²) >= 11 is 0. The van der Waals surface area contributed by atoms with Crippen molar-refractivity contribution in [3.63, 3.8) is 0 Å². The highest BCUT2D eigenvalue weighted by Crippen LogP contribution is 2.39. The summed E-state index contributed by atoms with van der Waals surface area (Å²) in [5.74, 6) is 0.917. The van der Waals surface area contributed by atoms with Crippen molar-refractivity contribution in [2.45, 2.75) is 39.2 Å². The first kappa shape index (κ1) is 20.7. The number of ether oxygens (including phenoxy) is 1. The molecule has 0 saturated heterocycles. The lowest BCUT2D eigenvalue weighted by Gasteiger charge is -2.24. The third-order valence-electron chi connectivity index (χ3n) is 5.45. The molecule has 31 heavy (non-hydrogen) atoms. The largest absolute Gasteiger partial charge is 0.481 e. The molecular weight excluding hydrogens is 390 g/mol. The van der Waals surface area contributed by atoms with Crippen LogP contribution in [0.3, 0.4) is 0 Å². The molecule has 3 heterocycles. The number of hydrogen-bond donors (Lipinski definition) is 0. The Bertz CT molecular complexity index is 1180. The van der Waals surface area contributed by atoms with E-state index in [9.17, 15) is 9.59 Å². The maximum Gasteiger partial charge on any atom is 0.260 e. The third-order valence-corrected chi connectivity index (χ3v) is 5.45. The maximum atomic E-state index is 13.3. The minimum atomic E-state index is -0.376. The van der Waals surface area contributed by atoms with E-state index in [-0.39, 0.29) is 24.2 Å². The number of aromatic nitrogens is 2. The van der Waals surface area contributed by atoms with Crippen LogP contribution in [-0.2, 0) is 4.79 Å². The second-order valence-electron chi connectivity index (χ2n) is 7.91. The fraction of sp³-hybridized carbons (Fsp3) is 0.280. The van der Waals surface area contributed by atoms with Crippen molar-refractivity contribution in [2.75, 3.05) is 12.0 Å². The Balaban J connectivity index is 1.69.